The molecule has 0 aliphatic rings. The average molecular weight is 246 g/mol. The third-order valence-electron chi connectivity index (χ3n) is 1.82. The summed E-state index contributed by atoms with van der Waals surface area (Å²) in [5.74, 6) is 0.260. The fourth-order valence-electron chi connectivity index (χ4n) is 1.21. The molecule has 1 aromatic carbocycles. The van der Waals surface area contributed by atoms with E-state index in [0.717, 1.165) is 0 Å². The van der Waals surface area contributed by atoms with Crippen LogP contribution in [0.3, 0.4) is 0 Å². The van der Waals surface area contributed by atoms with Crippen molar-refractivity contribution >= 4 is 12.9 Å². The Morgan fingerprint density at radius 3 is 2.69 bits per heavy atom. The molecule has 90 valence electrons. The molecular weight excluding hydrogens is 231 g/mol. The number of aliphatic hydroxyl groups excluding tert-OH is 1. The van der Waals surface area contributed by atoms with Gasteiger partial charge in [-0.25, -0.2) is 0 Å². The molecule has 2 N–H and O–H groups in total. The van der Waals surface area contributed by atoms with Crippen molar-refractivity contribution in [3.8, 4) is 5.75 Å². The monoisotopic (exact) mass is 246 g/mol. The topological polar surface area (TPSA) is 76.0 Å². The summed E-state index contributed by atoms with van der Waals surface area (Å²) in [5, 5.41) is 8.75. The molecule has 0 heterocycles. The minimum absolute atomic E-state index is 0.0726. The van der Waals surface area contributed by atoms with Gasteiger partial charge in [-0.05, 0) is 19.1 Å². The molecule has 1 unspecified atom stereocenters. The van der Waals surface area contributed by atoms with Crippen LogP contribution in [-0.4, -0.2) is 29.8 Å². The average Bonchev–Trinajstić information content (AvgIpc) is 2.26. The minimum Gasteiger partial charge on any atom is -0.490 e. The molecule has 0 aliphatic heterocycles. The molecule has 0 aliphatic carbocycles. The summed E-state index contributed by atoms with van der Waals surface area (Å²) in [7, 11) is -3.83. The second-order valence-corrected chi connectivity index (χ2v) is 4.76. The highest BCUT2D eigenvalue weighted by Gasteiger charge is 2.26. The molecule has 0 saturated carbocycles. The van der Waals surface area contributed by atoms with Crippen molar-refractivity contribution in [1.29, 1.82) is 0 Å². The smallest absolute Gasteiger partial charge is 0.362 e. The van der Waals surface area contributed by atoms with Crippen molar-refractivity contribution in [2.75, 3.05) is 19.8 Å². The summed E-state index contributed by atoms with van der Waals surface area (Å²) < 4.78 is 21.8. The lowest BCUT2D eigenvalue weighted by molar-refractivity contribution is 0.201. The maximum atomic E-state index is 11.8. The Morgan fingerprint density at radius 1 is 1.38 bits per heavy atom. The Labute approximate surface area is 94.2 Å². The normalized spacial score (nSPS) is 14.4. The summed E-state index contributed by atoms with van der Waals surface area (Å²) >= 11 is 0. The van der Waals surface area contributed by atoms with Crippen LogP contribution in [0.4, 0.5) is 0 Å². The van der Waals surface area contributed by atoms with E-state index in [0.29, 0.717) is 0 Å². The molecule has 0 saturated heterocycles. The predicted octanol–water partition coefficient (Wildman–Crippen LogP) is 0.905. The molecule has 0 radical (unpaired) electrons. The van der Waals surface area contributed by atoms with Crippen LogP contribution in [0.25, 0.3) is 0 Å². The minimum atomic E-state index is -3.83. The van der Waals surface area contributed by atoms with Crippen LogP contribution in [0, 0.1) is 0 Å². The van der Waals surface area contributed by atoms with Crippen molar-refractivity contribution < 1.29 is 23.8 Å². The second-order valence-electron chi connectivity index (χ2n) is 2.98. The number of para-hydroxylation sites is 1. The maximum Gasteiger partial charge on any atom is 0.362 e. The van der Waals surface area contributed by atoms with Crippen LogP contribution in [0.15, 0.2) is 24.3 Å². The number of hydrogen-bond donors (Lipinski definition) is 2. The van der Waals surface area contributed by atoms with E-state index in [1.807, 2.05) is 0 Å². The Morgan fingerprint density at radius 2 is 2.06 bits per heavy atom. The molecule has 1 aromatic rings. The van der Waals surface area contributed by atoms with E-state index in [2.05, 4.69) is 0 Å². The zero-order chi connectivity index (χ0) is 12.0. The lowest BCUT2D eigenvalue weighted by atomic mass is 10.3. The predicted molar refractivity (Wildman–Crippen MR) is 60.1 cm³/mol. The van der Waals surface area contributed by atoms with Crippen LogP contribution in [0.1, 0.15) is 6.92 Å². The number of aliphatic hydroxyl groups is 1. The van der Waals surface area contributed by atoms with Crippen LogP contribution >= 0.6 is 7.60 Å². The highest BCUT2D eigenvalue weighted by molar-refractivity contribution is 7.61. The maximum absolute atomic E-state index is 11.8. The van der Waals surface area contributed by atoms with Crippen LogP contribution in [0.2, 0.25) is 0 Å². The Balaban J connectivity index is 2.98. The van der Waals surface area contributed by atoms with Gasteiger partial charge in [0.05, 0.1) is 13.2 Å². The first kappa shape index (κ1) is 13.2. The van der Waals surface area contributed by atoms with Gasteiger partial charge in [0, 0.05) is 0 Å². The summed E-state index contributed by atoms with van der Waals surface area (Å²) in [6, 6.07) is 6.35. The zero-order valence-electron chi connectivity index (χ0n) is 9.00. The fourth-order valence-corrected chi connectivity index (χ4v) is 2.39. The summed E-state index contributed by atoms with van der Waals surface area (Å²) in [4.78, 5) is 9.66. The Hall–Kier alpha value is -0.870. The van der Waals surface area contributed by atoms with Gasteiger partial charge < -0.3 is 19.3 Å². The number of hydrogen-bond acceptors (Lipinski definition) is 4. The third-order valence-corrected chi connectivity index (χ3v) is 3.41. The molecule has 0 fully saturated rings. The lowest BCUT2D eigenvalue weighted by Gasteiger charge is -2.15. The van der Waals surface area contributed by atoms with Gasteiger partial charge in [0.15, 0.2) is 0 Å². The van der Waals surface area contributed by atoms with Crippen molar-refractivity contribution in [3.05, 3.63) is 24.3 Å². The highest BCUT2D eigenvalue weighted by Crippen LogP contribution is 2.43. The van der Waals surface area contributed by atoms with E-state index in [1.54, 1.807) is 25.1 Å². The molecule has 16 heavy (non-hydrogen) atoms. The van der Waals surface area contributed by atoms with Crippen molar-refractivity contribution in [2.24, 2.45) is 0 Å². The van der Waals surface area contributed by atoms with Gasteiger partial charge in [0.25, 0.3) is 0 Å². The van der Waals surface area contributed by atoms with E-state index in [1.165, 1.54) is 6.07 Å². The molecular formula is C10H15O5P. The number of ether oxygens (including phenoxy) is 1. The standard InChI is InChI=1S/C10H15O5P/c1-2-15-16(12,13)10-6-4-3-5-9(10)14-8-7-11/h3-6,11H,2,7-8H2,1H3,(H,12,13). The number of rotatable bonds is 6. The van der Waals surface area contributed by atoms with E-state index in [9.17, 15) is 9.46 Å². The first-order valence-corrected chi connectivity index (χ1v) is 6.50. The largest absolute Gasteiger partial charge is 0.490 e. The van der Waals surface area contributed by atoms with Crippen molar-refractivity contribution in [3.63, 3.8) is 0 Å². The summed E-state index contributed by atoms with van der Waals surface area (Å²) in [5.41, 5.74) is 0. The van der Waals surface area contributed by atoms with E-state index in [-0.39, 0.29) is 30.9 Å². The van der Waals surface area contributed by atoms with Gasteiger partial charge in [0.1, 0.15) is 17.7 Å². The van der Waals surface area contributed by atoms with Gasteiger partial charge in [0.2, 0.25) is 0 Å². The fraction of sp³-hybridized carbons (Fsp3) is 0.400. The van der Waals surface area contributed by atoms with E-state index < -0.39 is 7.60 Å². The molecule has 1 atom stereocenters. The molecule has 0 spiro atoms. The molecule has 0 aromatic heterocycles. The lowest BCUT2D eigenvalue weighted by Crippen LogP contribution is -2.13. The highest BCUT2D eigenvalue weighted by atomic mass is 31.2. The van der Waals surface area contributed by atoms with Crippen LogP contribution in [-0.2, 0) is 9.09 Å². The van der Waals surface area contributed by atoms with Gasteiger partial charge in [-0.1, -0.05) is 12.1 Å². The van der Waals surface area contributed by atoms with Gasteiger partial charge in [-0.2, -0.15) is 0 Å². The first-order chi connectivity index (χ1) is 7.61. The van der Waals surface area contributed by atoms with Gasteiger partial charge in [-0.15, -0.1) is 0 Å². The van der Waals surface area contributed by atoms with Crippen molar-refractivity contribution in [2.45, 2.75) is 6.92 Å². The molecule has 6 heteroatoms. The number of benzene rings is 1. The SMILES string of the molecule is CCOP(=O)(O)c1ccccc1OCCO. The molecule has 5 nitrogen and oxygen atoms in total. The molecule has 1 rings (SSSR count). The van der Waals surface area contributed by atoms with Crippen LogP contribution < -0.4 is 10.0 Å². The van der Waals surface area contributed by atoms with E-state index in [4.69, 9.17) is 14.4 Å². The molecule has 0 amide bonds. The van der Waals surface area contributed by atoms with Gasteiger partial charge >= 0.3 is 7.60 Å². The quantitative estimate of drug-likeness (QED) is 0.729. The van der Waals surface area contributed by atoms with Crippen LogP contribution in [0.5, 0.6) is 5.75 Å². The molecule has 0 bridgehead atoms. The third kappa shape index (κ3) is 3.32. The second kappa shape index (κ2) is 6.01. The Kier molecular flexibility index (Phi) is 4.96. The summed E-state index contributed by atoms with van der Waals surface area (Å²) in [6.07, 6.45) is 0. The van der Waals surface area contributed by atoms with E-state index >= 15 is 0 Å². The first-order valence-electron chi connectivity index (χ1n) is 4.92. The zero-order valence-corrected chi connectivity index (χ0v) is 9.89. The van der Waals surface area contributed by atoms with Gasteiger partial charge in [-0.3, -0.25) is 4.57 Å². The Bertz CT molecular complexity index is 379. The van der Waals surface area contributed by atoms with Crippen molar-refractivity contribution in [1.82, 2.24) is 0 Å². The summed E-state index contributed by atoms with van der Waals surface area (Å²) in [6.45, 7) is 1.70.